The molecule has 11 heteroatoms. The molecule has 0 aliphatic rings. The number of nitrogens with zero attached hydrogens (tertiary/aromatic N) is 4. The average Bonchev–Trinajstić information content (AvgIpc) is 3.05. The van der Waals surface area contributed by atoms with Crippen LogP contribution in [0.5, 0.6) is 11.6 Å². The van der Waals surface area contributed by atoms with Crippen LogP contribution in [0.3, 0.4) is 0 Å². The second-order valence-electron chi connectivity index (χ2n) is 6.88. The Morgan fingerprint density at radius 3 is 2.68 bits per heavy atom. The number of alkyl halides is 3. The molecule has 166 valence electrons. The van der Waals surface area contributed by atoms with Gasteiger partial charge in [-0.1, -0.05) is 34.5 Å². The van der Waals surface area contributed by atoms with E-state index in [9.17, 15) is 18.0 Å². The normalized spacial score (nSPS) is 11.6. The van der Waals surface area contributed by atoms with E-state index in [1.54, 1.807) is 12.1 Å². The molecular weight excluding hydrogens is 415 g/mol. The van der Waals surface area contributed by atoms with Crippen molar-refractivity contribution >= 4 is 17.4 Å². The van der Waals surface area contributed by atoms with Crippen molar-refractivity contribution in [1.29, 1.82) is 0 Å². The smallest absolute Gasteiger partial charge is 0.416 e. The molecule has 2 N–H and O–H groups in total. The first-order valence-corrected chi connectivity index (χ1v) is 9.70. The number of ketones is 1. The minimum Gasteiger partial charge on any atom is -0.497 e. The second-order valence-corrected chi connectivity index (χ2v) is 6.88. The van der Waals surface area contributed by atoms with Gasteiger partial charge in [0.2, 0.25) is 5.88 Å². The summed E-state index contributed by atoms with van der Waals surface area (Å²) in [6, 6.07) is 6.11. The number of fused-ring (bicyclic) bond motifs is 1. The van der Waals surface area contributed by atoms with Crippen LogP contribution < -0.4 is 19.9 Å². The maximum atomic E-state index is 13.1. The Labute approximate surface area is 176 Å². The van der Waals surface area contributed by atoms with E-state index in [0.717, 1.165) is 31.4 Å². The third kappa shape index (κ3) is 5.22. The number of hydrogen-bond donors (Lipinski definition) is 1. The van der Waals surface area contributed by atoms with Gasteiger partial charge in [-0.3, -0.25) is 10.5 Å². The first-order valence-electron chi connectivity index (χ1n) is 9.70. The molecular formula is C20H23F3N5O3+. The van der Waals surface area contributed by atoms with Crippen molar-refractivity contribution < 1.29 is 32.1 Å². The van der Waals surface area contributed by atoms with Gasteiger partial charge in [-0.15, -0.1) is 4.68 Å². The Morgan fingerprint density at radius 2 is 2.00 bits per heavy atom. The molecule has 0 amide bonds. The van der Waals surface area contributed by atoms with E-state index in [0.29, 0.717) is 18.1 Å². The van der Waals surface area contributed by atoms with Crippen LogP contribution >= 0.6 is 0 Å². The largest absolute Gasteiger partial charge is 0.497 e. The van der Waals surface area contributed by atoms with Gasteiger partial charge in [-0.25, -0.2) is 0 Å². The number of halogens is 3. The summed E-state index contributed by atoms with van der Waals surface area (Å²) in [7, 11) is 1.23. The summed E-state index contributed by atoms with van der Waals surface area (Å²) in [5.41, 5.74) is 5.28. The van der Waals surface area contributed by atoms with Gasteiger partial charge in [-0.05, 0) is 24.6 Å². The lowest BCUT2D eigenvalue weighted by Crippen LogP contribution is -2.42. The van der Waals surface area contributed by atoms with Gasteiger partial charge in [-0.2, -0.15) is 13.2 Å². The zero-order valence-electron chi connectivity index (χ0n) is 17.1. The van der Waals surface area contributed by atoms with E-state index in [1.807, 2.05) is 0 Å². The summed E-state index contributed by atoms with van der Waals surface area (Å²) < 4.78 is 52.3. The molecule has 0 aliphatic heterocycles. The van der Waals surface area contributed by atoms with Crippen LogP contribution in [-0.2, 0) is 12.7 Å². The average molecular weight is 438 g/mol. The summed E-state index contributed by atoms with van der Waals surface area (Å²) in [4.78, 5) is 12.7. The lowest BCUT2D eigenvalue weighted by molar-refractivity contribution is -0.723. The molecule has 31 heavy (non-hydrogen) atoms. The lowest BCUT2D eigenvalue weighted by atomic mass is 10.1. The molecule has 2 aromatic heterocycles. The van der Waals surface area contributed by atoms with Crippen molar-refractivity contribution in [2.24, 2.45) is 0 Å². The van der Waals surface area contributed by atoms with Gasteiger partial charge in [0.25, 0.3) is 5.65 Å². The first-order chi connectivity index (χ1) is 14.7. The lowest BCUT2D eigenvalue weighted by Gasteiger charge is -2.10. The predicted molar refractivity (Wildman–Crippen MR) is 105 cm³/mol. The fraction of sp³-hybridized carbons (Fsp3) is 0.400. The summed E-state index contributed by atoms with van der Waals surface area (Å²) in [5, 5.41) is 8.46. The number of nitrogen functional groups attached to an aromatic ring is 1. The molecule has 0 saturated heterocycles. The minimum absolute atomic E-state index is 0.0429. The molecule has 3 rings (SSSR count). The van der Waals surface area contributed by atoms with E-state index in [-0.39, 0.29) is 23.8 Å². The van der Waals surface area contributed by atoms with Gasteiger partial charge in [0, 0.05) is 17.7 Å². The fourth-order valence-corrected chi connectivity index (χ4v) is 2.92. The SMILES string of the molecule is CCCCCOc1ccc2n[n+](CC(=O)c3cc(OC)cc(C(F)(F)F)c3)c(N)n2n1. The topological polar surface area (TPSA) is 95.6 Å². The van der Waals surface area contributed by atoms with Crippen molar-refractivity contribution in [2.75, 3.05) is 19.5 Å². The highest BCUT2D eigenvalue weighted by Crippen LogP contribution is 2.32. The van der Waals surface area contributed by atoms with Gasteiger partial charge in [0.15, 0.2) is 12.3 Å². The number of unbranched alkanes of at least 4 members (excludes halogenated alkanes) is 2. The predicted octanol–water partition coefficient (Wildman–Crippen LogP) is 3.08. The van der Waals surface area contributed by atoms with Gasteiger partial charge in [0.1, 0.15) is 5.75 Å². The molecule has 0 radical (unpaired) electrons. The Bertz CT molecular complexity index is 1080. The molecule has 0 fully saturated rings. The first kappa shape index (κ1) is 22.3. The van der Waals surface area contributed by atoms with Crippen LogP contribution in [0.2, 0.25) is 0 Å². The summed E-state index contributed by atoms with van der Waals surface area (Å²) in [6.07, 6.45) is -1.62. The van der Waals surface area contributed by atoms with Crippen molar-refractivity contribution in [1.82, 2.24) is 14.7 Å². The molecule has 0 bridgehead atoms. The number of anilines is 1. The minimum atomic E-state index is -4.61. The summed E-state index contributed by atoms with van der Waals surface area (Å²) >= 11 is 0. The van der Waals surface area contributed by atoms with Crippen molar-refractivity contribution in [3.63, 3.8) is 0 Å². The molecule has 0 saturated carbocycles. The Balaban J connectivity index is 1.83. The van der Waals surface area contributed by atoms with Crippen molar-refractivity contribution in [3.05, 3.63) is 41.5 Å². The summed E-state index contributed by atoms with van der Waals surface area (Å²) in [6.45, 7) is 2.23. The standard InChI is InChI=1S/C20H22F3N5O3/c1-3-4-5-8-31-18-7-6-17-25-27(19(24)28(17)26-18)12-16(29)13-9-14(20(21,22)23)11-15(10-13)30-2/h6-7,9-11,24H,3-5,8,12H2,1-2H3/p+1. The van der Waals surface area contributed by atoms with Crippen molar-refractivity contribution in [3.8, 4) is 11.6 Å². The van der Waals surface area contributed by atoms with Gasteiger partial charge < -0.3 is 9.47 Å². The number of ether oxygens (including phenoxy) is 2. The highest BCUT2D eigenvalue weighted by atomic mass is 19.4. The summed E-state index contributed by atoms with van der Waals surface area (Å²) in [5.74, 6) is -0.284. The van der Waals surface area contributed by atoms with E-state index in [1.165, 1.54) is 22.4 Å². The third-order valence-corrected chi connectivity index (χ3v) is 4.58. The Morgan fingerprint density at radius 1 is 1.23 bits per heavy atom. The number of rotatable bonds is 9. The van der Waals surface area contributed by atoms with Gasteiger partial charge in [0.05, 0.1) is 19.3 Å². The molecule has 8 nitrogen and oxygen atoms in total. The number of hydrogen-bond acceptors (Lipinski definition) is 6. The van der Waals surface area contributed by atoms with Crippen molar-refractivity contribution in [2.45, 2.75) is 38.9 Å². The number of carbonyl (C=O) groups excluding carboxylic acids is 1. The maximum absolute atomic E-state index is 13.1. The third-order valence-electron chi connectivity index (χ3n) is 4.58. The number of methoxy groups -OCH3 is 1. The zero-order valence-corrected chi connectivity index (χ0v) is 17.1. The zero-order chi connectivity index (χ0) is 22.6. The van der Waals surface area contributed by atoms with Crippen LogP contribution in [0, 0.1) is 0 Å². The molecule has 0 atom stereocenters. The van der Waals surface area contributed by atoms with E-state index in [2.05, 4.69) is 17.1 Å². The molecule has 3 aromatic rings. The number of nitrogens with two attached hydrogens (primary N) is 1. The van der Waals surface area contributed by atoms with Crippen LogP contribution in [0.25, 0.3) is 5.65 Å². The van der Waals surface area contributed by atoms with E-state index >= 15 is 0 Å². The quantitative estimate of drug-likeness (QED) is 0.313. The Hall–Kier alpha value is -3.37. The highest BCUT2D eigenvalue weighted by molar-refractivity contribution is 5.95. The molecule has 0 aliphatic carbocycles. The number of benzene rings is 1. The fourth-order valence-electron chi connectivity index (χ4n) is 2.92. The van der Waals surface area contributed by atoms with Crippen LogP contribution in [-0.4, -0.2) is 34.2 Å². The molecule has 1 aromatic carbocycles. The monoisotopic (exact) mass is 438 g/mol. The highest BCUT2D eigenvalue weighted by Gasteiger charge is 2.32. The second kappa shape index (κ2) is 9.19. The molecule has 0 spiro atoms. The molecule has 0 unspecified atom stereocenters. The van der Waals surface area contributed by atoms with E-state index < -0.39 is 17.5 Å². The number of carbonyl (C=O) groups is 1. The van der Waals surface area contributed by atoms with Crippen LogP contribution in [0.4, 0.5) is 19.1 Å². The number of Topliss-reactive ketones (excluding diaryl/α,β-unsaturated/α-hetero) is 1. The van der Waals surface area contributed by atoms with Crippen LogP contribution in [0.15, 0.2) is 30.3 Å². The van der Waals surface area contributed by atoms with Crippen LogP contribution in [0.1, 0.15) is 42.1 Å². The maximum Gasteiger partial charge on any atom is 0.416 e. The van der Waals surface area contributed by atoms with E-state index in [4.69, 9.17) is 15.2 Å². The van der Waals surface area contributed by atoms with Gasteiger partial charge >= 0.3 is 12.1 Å². The Kier molecular flexibility index (Phi) is 6.62. The molecule has 2 heterocycles. The number of aromatic nitrogens is 4.